The molecule has 1 amide bonds. The molecule has 0 bridgehead atoms. The maximum atomic E-state index is 12.2. The van der Waals surface area contributed by atoms with Gasteiger partial charge in [0.1, 0.15) is 5.54 Å². The molecule has 20 heavy (non-hydrogen) atoms. The second-order valence-electron chi connectivity index (χ2n) is 5.86. The standard InChI is InChI=1S/C16H21NO3/c1-11(10-12-6-4-3-5-7-12)14(18)17-16(2,15(19)20)13-8-9-13/h3-7,11,13H,8-10H2,1-2H3,(H,17,18)(H,19,20)/t11-,16+/m1/s1. The van der Waals surface area contributed by atoms with Crippen molar-refractivity contribution in [3.05, 3.63) is 35.9 Å². The fourth-order valence-corrected chi connectivity index (χ4v) is 2.43. The quantitative estimate of drug-likeness (QED) is 0.836. The van der Waals surface area contributed by atoms with Crippen LogP contribution in [0.5, 0.6) is 0 Å². The minimum absolute atomic E-state index is 0.0628. The molecule has 1 fully saturated rings. The normalized spacial score (nSPS) is 18.9. The van der Waals surface area contributed by atoms with Gasteiger partial charge in [-0.25, -0.2) is 4.79 Å². The van der Waals surface area contributed by atoms with E-state index in [1.165, 1.54) is 0 Å². The van der Waals surface area contributed by atoms with Crippen molar-refractivity contribution in [3.63, 3.8) is 0 Å². The van der Waals surface area contributed by atoms with Crippen LogP contribution in [0.25, 0.3) is 0 Å². The Morgan fingerprint density at radius 2 is 1.95 bits per heavy atom. The van der Waals surface area contributed by atoms with E-state index in [0.717, 1.165) is 18.4 Å². The number of hydrogen-bond donors (Lipinski definition) is 2. The topological polar surface area (TPSA) is 66.4 Å². The number of rotatable bonds is 6. The van der Waals surface area contributed by atoms with Gasteiger partial charge in [-0.05, 0) is 37.7 Å². The minimum atomic E-state index is -1.12. The maximum Gasteiger partial charge on any atom is 0.329 e. The first-order valence-corrected chi connectivity index (χ1v) is 7.03. The fourth-order valence-electron chi connectivity index (χ4n) is 2.43. The highest BCUT2D eigenvalue weighted by Crippen LogP contribution is 2.39. The number of hydrogen-bond acceptors (Lipinski definition) is 2. The number of amides is 1. The molecular formula is C16H21NO3. The molecule has 0 spiro atoms. The van der Waals surface area contributed by atoms with Gasteiger partial charge >= 0.3 is 5.97 Å². The van der Waals surface area contributed by atoms with Gasteiger partial charge in [0, 0.05) is 5.92 Å². The summed E-state index contributed by atoms with van der Waals surface area (Å²) in [4.78, 5) is 23.6. The van der Waals surface area contributed by atoms with E-state index in [-0.39, 0.29) is 17.7 Å². The molecule has 0 radical (unpaired) electrons. The summed E-state index contributed by atoms with van der Waals surface area (Å²) in [6.45, 7) is 3.44. The SMILES string of the molecule is C[C@H](Cc1ccccc1)C(=O)N[C@](C)(C(=O)O)C1CC1. The van der Waals surface area contributed by atoms with Crippen LogP contribution in [0.1, 0.15) is 32.3 Å². The van der Waals surface area contributed by atoms with Crippen molar-refractivity contribution in [2.45, 2.75) is 38.6 Å². The lowest BCUT2D eigenvalue weighted by molar-refractivity contribution is -0.148. The van der Waals surface area contributed by atoms with Crippen molar-refractivity contribution in [2.75, 3.05) is 0 Å². The van der Waals surface area contributed by atoms with Crippen molar-refractivity contribution in [1.82, 2.24) is 5.32 Å². The van der Waals surface area contributed by atoms with Gasteiger partial charge in [0.15, 0.2) is 0 Å². The van der Waals surface area contributed by atoms with Crippen molar-refractivity contribution < 1.29 is 14.7 Å². The highest BCUT2D eigenvalue weighted by atomic mass is 16.4. The molecule has 0 aromatic heterocycles. The van der Waals surface area contributed by atoms with Gasteiger partial charge < -0.3 is 10.4 Å². The van der Waals surface area contributed by atoms with E-state index in [9.17, 15) is 14.7 Å². The summed E-state index contributed by atoms with van der Waals surface area (Å²) < 4.78 is 0. The van der Waals surface area contributed by atoms with Gasteiger partial charge in [-0.2, -0.15) is 0 Å². The molecule has 0 unspecified atom stereocenters. The van der Waals surface area contributed by atoms with E-state index >= 15 is 0 Å². The molecule has 1 aromatic rings. The van der Waals surface area contributed by atoms with Crippen LogP contribution >= 0.6 is 0 Å². The largest absolute Gasteiger partial charge is 0.480 e. The van der Waals surface area contributed by atoms with Crippen LogP contribution in [0.4, 0.5) is 0 Å². The number of carbonyl (C=O) groups is 2. The number of carboxylic acids is 1. The zero-order valence-electron chi connectivity index (χ0n) is 11.9. The molecule has 2 atom stereocenters. The number of aliphatic carboxylic acids is 1. The fraction of sp³-hybridized carbons (Fsp3) is 0.500. The Hall–Kier alpha value is -1.84. The summed E-state index contributed by atoms with van der Waals surface area (Å²) in [6.07, 6.45) is 2.36. The van der Waals surface area contributed by atoms with Crippen molar-refractivity contribution >= 4 is 11.9 Å². The van der Waals surface area contributed by atoms with Crippen molar-refractivity contribution in [3.8, 4) is 0 Å². The van der Waals surface area contributed by atoms with Crippen LogP contribution in [0, 0.1) is 11.8 Å². The lowest BCUT2D eigenvalue weighted by atomic mass is 9.93. The molecule has 2 rings (SSSR count). The van der Waals surface area contributed by atoms with Gasteiger partial charge in [-0.15, -0.1) is 0 Å². The van der Waals surface area contributed by atoms with E-state index in [0.29, 0.717) is 6.42 Å². The predicted molar refractivity (Wildman–Crippen MR) is 76.2 cm³/mol. The van der Waals surface area contributed by atoms with Crippen LogP contribution in [0.2, 0.25) is 0 Å². The Bertz CT molecular complexity index is 496. The zero-order valence-corrected chi connectivity index (χ0v) is 11.9. The van der Waals surface area contributed by atoms with Gasteiger partial charge in [0.05, 0.1) is 0 Å². The number of benzene rings is 1. The Kier molecular flexibility index (Phi) is 4.12. The zero-order chi connectivity index (χ0) is 14.8. The Labute approximate surface area is 119 Å². The molecule has 1 aromatic carbocycles. The van der Waals surface area contributed by atoms with E-state index in [4.69, 9.17) is 0 Å². The summed E-state index contributed by atoms with van der Waals surface area (Å²) in [7, 11) is 0. The summed E-state index contributed by atoms with van der Waals surface area (Å²) in [6, 6.07) is 9.75. The molecule has 0 aliphatic heterocycles. The molecule has 1 aliphatic carbocycles. The Morgan fingerprint density at radius 1 is 1.35 bits per heavy atom. The van der Waals surface area contributed by atoms with Crippen molar-refractivity contribution in [2.24, 2.45) is 11.8 Å². The van der Waals surface area contributed by atoms with Crippen LogP contribution in [-0.4, -0.2) is 22.5 Å². The highest BCUT2D eigenvalue weighted by Gasteiger charge is 2.48. The van der Waals surface area contributed by atoms with E-state index in [1.807, 2.05) is 37.3 Å². The number of carbonyl (C=O) groups excluding carboxylic acids is 1. The van der Waals surface area contributed by atoms with Crippen LogP contribution < -0.4 is 5.32 Å². The first-order chi connectivity index (χ1) is 9.43. The molecule has 4 nitrogen and oxygen atoms in total. The lowest BCUT2D eigenvalue weighted by Gasteiger charge is -2.27. The third-order valence-corrected chi connectivity index (χ3v) is 4.05. The molecular weight excluding hydrogens is 254 g/mol. The lowest BCUT2D eigenvalue weighted by Crippen LogP contribution is -2.55. The number of carboxylic acid groups (broad SMARTS) is 1. The maximum absolute atomic E-state index is 12.2. The molecule has 2 N–H and O–H groups in total. The first kappa shape index (κ1) is 14.6. The Morgan fingerprint density at radius 3 is 2.45 bits per heavy atom. The van der Waals surface area contributed by atoms with Gasteiger partial charge in [-0.3, -0.25) is 4.79 Å². The summed E-state index contributed by atoms with van der Waals surface area (Å²) in [5.74, 6) is -1.31. The second kappa shape index (κ2) is 5.65. The van der Waals surface area contributed by atoms with Crippen LogP contribution in [-0.2, 0) is 16.0 Å². The van der Waals surface area contributed by atoms with Crippen LogP contribution in [0.3, 0.4) is 0 Å². The summed E-state index contributed by atoms with van der Waals surface area (Å²) in [5.41, 5.74) is -0.0409. The van der Waals surface area contributed by atoms with E-state index in [1.54, 1.807) is 6.92 Å². The van der Waals surface area contributed by atoms with Gasteiger partial charge in [-0.1, -0.05) is 37.3 Å². The average molecular weight is 275 g/mol. The van der Waals surface area contributed by atoms with Crippen molar-refractivity contribution in [1.29, 1.82) is 0 Å². The molecule has 0 heterocycles. The third-order valence-electron chi connectivity index (χ3n) is 4.05. The van der Waals surface area contributed by atoms with Gasteiger partial charge in [0.2, 0.25) is 5.91 Å². The second-order valence-corrected chi connectivity index (χ2v) is 5.86. The summed E-state index contributed by atoms with van der Waals surface area (Å²) in [5, 5.41) is 12.1. The smallest absolute Gasteiger partial charge is 0.329 e. The van der Waals surface area contributed by atoms with E-state index in [2.05, 4.69) is 5.32 Å². The summed E-state index contributed by atoms with van der Waals surface area (Å²) >= 11 is 0. The molecule has 0 saturated heterocycles. The number of nitrogens with one attached hydrogen (secondary N) is 1. The Balaban J connectivity index is 1.98. The van der Waals surface area contributed by atoms with Gasteiger partial charge in [0.25, 0.3) is 0 Å². The minimum Gasteiger partial charge on any atom is -0.480 e. The average Bonchev–Trinajstić information content (AvgIpc) is 3.24. The molecule has 1 saturated carbocycles. The monoisotopic (exact) mass is 275 g/mol. The third kappa shape index (κ3) is 3.18. The predicted octanol–water partition coefficient (Wildman–Crippen LogP) is 2.23. The first-order valence-electron chi connectivity index (χ1n) is 7.03. The highest BCUT2D eigenvalue weighted by molar-refractivity contribution is 5.88. The molecule has 4 heteroatoms. The van der Waals surface area contributed by atoms with Crippen LogP contribution in [0.15, 0.2) is 30.3 Å². The molecule has 1 aliphatic rings. The molecule has 108 valence electrons. The van der Waals surface area contributed by atoms with E-state index < -0.39 is 11.5 Å².